The molecule has 0 saturated heterocycles. The molecule has 7 heteroatoms. The average molecular weight is 435 g/mol. The first-order valence-electron chi connectivity index (χ1n) is 9.90. The third-order valence-electron chi connectivity index (χ3n) is 5.31. The summed E-state index contributed by atoms with van der Waals surface area (Å²) in [6.07, 6.45) is -0.433. The number of aromatic nitrogens is 2. The molecule has 0 aliphatic carbocycles. The first-order chi connectivity index (χ1) is 14.9. The van der Waals surface area contributed by atoms with Gasteiger partial charge in [0.2, 0.25) is 0 Å². The minimum atomic E-state index is -0.515. The third kappa shape index (κ3) is 3.96. The van der Waals surface area contributed by atoms with Crippen LogP contribution < -0.4 is 11.2 Å². The van der Waals surface area contributed by atoms with Crippen molar-refractivity contribution in [3.05, 3.63) is 103 Å². The summed E-state index contributed by atoms with van der Waals surface area (Å²) in [5.41, 5.74) is 1.98. The summed E-state index contributed by atoms with van der Waals surface area (Å²) in [5.74, 6) is -0.515. The van der Waals surface area contributed by atoms with Crippen molar-refractivity contribution in [3.8, 4) is 0 Å². The molecule has 2 heterocycles. The van der Waals surface area contributed by atoms with Crippen molar-refractivity contribution in [2.45, 2.75) is 26.5 Å². The van der Waals surface area contributed by atoms with Crippen molar-refractivity contribution >= 4 is 27.5 Å². The van der Waals surface area contributed by atoms with Crippen molar-refractivity contribution in [1.82, 2.24) is 9.13 Å². The molecule has 0 aliphatic rings. The highest BCUT2D eigenvalue weighted by Gasteiger charge is 2.21. The van der Waals surface area contributed by atoms with E-state index in [2.05, 4.69) is 0 Å². The van der Waals surface area contributed by atoms with E-state index in [9.17, 15) is 14.4 Å². The Morgan fingerprint density at radius 3 is 2.45 bits per heavy atom. The maximum atomic E-state index is 13.0. The van der Waals surface area contributed by atoms with Gasteiger partial charge in [0.1, 0.15) is 15.8 Å². The second-order valence-electron chi connectivity index (χ2n) is 7.45. The van der Waals surface area contributed by atoms with E-state index in [-0.39, 0.29) is 6.54 Å². The molecule has 31 heavy (non-hydrogen) atoms. The number of hydrogen-bond acceptors (Lipinski definition) is 5. The number of carbonyl (C=O) groups is 1. The van der Waals surface area contributed by atoms with Crippen LogP contribution in [0.2, 0.25) is 0 Å². The number of hydrogen-bond donors (Lipinski definition) is 0. The molecule has 0 aliphatic heterocycles. The van der Waals surface area contributed by atoms with Crippen molar-refractivity contribution in [2.24, 2.45) is 7.05 Å². The Labute approximate surface area is 183 Å². The fraction of sp³-hybridized carbons (Fsp3) is 0.208. The summed E-state index contributed by atoms with van der Waals surface area (Å²) in [5, 5.41) is 0.332. The quantitative estimate of drug-likeness (QED) is 0.445. The topological polar surface area (TPSA) is 70.3 Å². The molecule has 2 aromatic carbocycles. The zero-order chi connectivity index (χ0) is 22.1. The summed E-state index contributed by atoms with van der Waals surface area (Å²) in [6.45, 7) is 3.95. The Balaban J connectivity index is 1.69. The minimum Gasteiger partial charge on any atom is -0.454 e. The van der Waals surface area contributed by atoms with Gasteiger partial charge >= 0.3 is 11.7 Å². The summed E-state index contributed by atoms with van der Waals surface area (Å²) < 4.78 is 8.24. The number of esters is 1. The largest absolute Gasteiger partial charge is 0.454 e. The second-order valence-corrected chi connectivity index (χ2v) is 8.48. The van der Waals surface area contributed by atoms with Crippen LogP contribution in [-0.4, -0.2) is 15.1 Å². The van der Waals surface area contributed by atoms with Gasteiger partial charge in [0.05, 0.1) is 11.9 Å². The molecule has 0 amide bonds. The van der Waals surface area contributed by atoms with E-state index in [0.29, 0.717) is 15.1 Å². The van der Waals surface area contributed by atoms with E-state index in [1.54, 1.807) is 7.05 Å². The monoisotopic (exact) mass is 434 g/mol. The highest BCUT2D eigenvalue weighted by molar-refractivity contribution is 7.20. The summed E-state index contributed by atoms with van der Waals surface area (Å²) in [7, 11) is 1.60. The van der Waals surface area contributed by atoms with E-state index in [0.717, 1.165) is 28.0 Å². The highest BCUT2D eigenvalue weighted by Crippen LogP contribution is 2.26. The highest BCUT2D eigenvalue weighted by atomic mass is 32.1. The number of nitrogens with zero attached hydrogens (tertiary/aromatic N) is 2. The SMILES string of the molecule is Cc1ccccc1C(C)OC(=O)c1cc2c(=O)n(Cc3ccccc3)c(=O)n(C)c2s1. The Hall–Kier alpha value is -3.45. The third-order valence-corrected chi connectivity index (χ3v) is 6.50. The molecule has 1 atom stereocenters. The van der Waals surface area contributed by atoms with Gasteiger partial charge in [-0.1, -0.05) is 54.6 Å². The maximum Gasteiger partial charge on any atom is 0.349 e. The fourth-order valence-electron chi connectivity index (χ4n) is 3.62. The Morgan fingerprint density at radius 2 is 1.74 bits per heavy atom. The molecule has 0 saturated carbocycles. The predicted octanol–water partition coefficient (Wildman–Crippen LogP) is 4.04. The number of benzene rings is 2. The molecule has 0 N–H and O–H groups in total. The Morgan fingerprint density at radius 1 is 1.06 bits per heavy atom. The number of aryl methyl sites for hydroxylation is 2. The zero-order valence-corrected chi connectivity index (χ0v) is 18.3. The zero-order valence-electron chi connectivity index (χ0n) is 17.5. The standard InChI is InChI=1S/C24H22N2O4S/c1-15-9-7-8-12-18(15)16(2)30-23(28)20-13-19-21(27)26(14-17-10-5-4-6-11-17)24(29)25(3)22(19)31-20/h4-13,16H,14H2,1-3H3. The lowest BCUT2D eigenvalue weighted by molar-refractivity contribution is 0.0343. The van der Waals surface area contributed by atoms with E-state index in [1.807, 2.05) is 68.4 Å². The summed E-state index contributed by atoms with van der Waals surface area (Å²) in [4.78, 5) is 39.4. The van der Waals surface area contributed by atoms with Crippen LogP contribution in [0.4, 0.5) is 0 Å². The Kier molecular flexibility index (Phi) is 5.61. The molecule has 0 fully saturated rings. The van der Waals surface area contributed by atoms with Gasteiger partial charge in [0, 0.05) is 7.05 Å². The smallest absolute Gasteiger partial charge is 0.349 e. The molecule has 1 unspecified atom stereocenters. The van der Waals surface area contributed by atoms with Gasteiger partial charge in [-0.25, -0.2) is 9.59 Å². The molecule has 6 nitrogen and oxygen atoms in total. The molecule has 0 bridgehead atoms. The number of rotatable bonds is 5. The van der Waals surface area contributed by atoms with Crippen LogP contribution in [0.1, 0.15) is 39.4 Å². The van der Waals surface area contributed by atoms with Crippen LogP contribution in [0.15, 0.2) is 70.3 Å². The van der Waals surface area contributed by atoms with Crippen LogP contribution in [0.25, 0.3) is 10.2 Å². The molecule has 4 aromatic rings. The van der Waals surface area contributed by atoms with Gasteiger partial charge in [0.15, 0.2) is 0 Å². The van der Waals surface area contributed by atoms with Gasteiger partial charge in [-0.2, -0.15) is 0 Å². The van der Waals surface area contributed by atoms with E-state index in [1.165, 1.54) is 15.2 Å². The number of thiophene rings is 1. The Bertz CT molecular complexity index is 1380. The van der Waals surface area contributed by atoms with Crippen LogP contribution in [0.5, 0.6) is 0 Å². The van der Waals surface area contributed by atoms with Crippen LogP contribution in [0.3, 0.4) is 0 Å². The first-order valence-corrected chi connectivity index (χ1v) is 10.7. The van der Waals surface area contributed by atoms with Crippen molar-refractivity contribution < 1.29 is 9.53 Å². The molecular weight excluding hydrogens is 412 g/mol. The van der Waals surface area contributed by atoms with Gasteiger partial charge in [-0.05, 0) is 36.6 Å². The lowest BCUT2D eigenvalue weighted by Gasteiger charge is -2.15. The van der Waals surface area contributed by atoms with Gasteiger partial charge in [-0.15, -0.1) is 11.3 Å². The van der Waals surface area contributed by atoms with Crippen LogP contribution in [-0.2, 0) is 18.3 Å². The van der Waals surface area contributed by atoms with Gasteiger partial charge in [0.25, 0.3) is 5.56 Å². The minimum absolute atomic E-state index is 0.169. The van der Waals surface area contributed by atoms with Crippen LogP contribution in [0, 0.1) is 6.92 Å². The lowest BCUT2D eigenvalue weighted by Crippen LogP contribution is -2.38. The van der Waals surface area contributed by atoms with E-state index in [4.69, 9.17) is 4.74 Å². The van der Waals surface area contributed by atoms with Gasteiger partial charge in [-0.3, -0.25) is 13.9 Å². The average Bonchev–Trinajstić information content (AvgIpc) is 3.22. The first kappa shape index (κ1) is 20.8. The number of carbonyl (C=O) groups excluding carboxylic acids is 1. The van der Waals surface area contributed by atoms with Crippen molar-refractivity contribution in [3.63, 3.8) is 0 Å². The molecular formula is C24H22N2O4S. The molecule has 0 spiro atoms. The molecule has 2 aromatic heterocycles. The van der Waals surface area contributed by atoms with E-state index < -0.39 is 23.3 Å². The molecule has 0 radical (unpaired) electrons. The molecule has 4 rings (SSSR count). The van der Waals surface area contributed by atoms with Crippen molar-refractivity contribution in [1.29, 1.82) is 0 Å². The van der Waals surface area contributed by atoms with Crippen molar-refractivity contribution in [2.75, 3.05) is 0 Å². The lowest BCUT2D eigenvalue weighted by atomic mass is 10.0. The fourth-order valence-corrected chi connectivity index (χ4v) is 4.60. The number of ether oxygens (including phenoxy) is 1. The normalized spacial score (nSPS) is 12.1. The second kappa shape index (κ2) is 8.35. The predicted molar refractivity (Wildman–Crippen MR) is 122 cm³/mol. The number of fused-ring (bicyclic) bond motifs is 1. The maximum absolute atomic E-state index is 13.0. The van der Waals surface area contributed by atoms with Gasteiger partial charge < -0.3 is 4.74 Å². The van der Waals surface area contributed by atoms with Crippen LogP contribution >= 0.6 is 11.3 Å². The summed E-state index contributed by atoms with van der Waals surface area (Å²) >= 11 is 1.09. The summed E-state index contributed by atoms with van der Waals surface area (Å²) in [6, 6.07) is 18.6. The molecule has 158 valence electrons. The van der Waals surface area contributed by atoms with E-state index >= 15 is 0 Å².